The van der Waals surface area contributed by atoms with Gasteiger partial charge in [-0.3, -0.25) is 0 Å². The van der Waals surface area contributed by atoms with Crippen LogP contribution in [0.5, 0.6) is 0 Å². The average molecular weight is 351 g/mol. The summed E-state index contributed by atoms with van der Waals surface area (Å²) >= 11 is 0. The zero-order valence-electron chi connectivity index (χ0n) is 13.6. The lowest BCUT2D eigenvalue weighted by molar-refractivity contribution is -0.137. The lowest BCUT2D eigenvalue weighted by Gasteiger charge is -2.10. The monoisotopic (exact) mass is 351 g/mol. The summed E-state index contributed by atoms with van der Waals surface area (Å²) in [6.07, 6.45) is -3.82. The molecule has 0 spiro atoms. The average Bonchev–Trinajstić information content (AvgIpc) is 2.95. The first-order chi connectivity index (χ1) is 11.9. The number of halogens is 3. The van der Waals surface area contributed by atoms with E-state index >= 15 is 0 Å². The van der Waals surface area contributed by atoms with Crippen molar-refractivity contribution in [2.75, 3.05) is 19.0 Å². The topological polar surface area (TPSA) is 64.3 Å². The van der Waals surface area contributed by atoms with Crippen LogP contribution in [0.4, 0.5) is 24.7 Å². The molecule has 0 saturated carbocycles. The number of nitrogens with zero attached hydrogens (tertiary/aromatic N) is 4. The Labute approximate surface area is 141 Å². The number of aryl methyl sites for hydroxylation is 1. The molecule has 0 fully saturated rings. The standard InChI is InChI=1S/C16H16F3N5O/c1-10-9-14(21-12-5-3-11(4-6-12)16(17,18)19)24-15(20-10)22-13(23-24)7-8-25-2/h3-6,9,21H,7-8H2,1-2H3. The van der Waals surface area contributed by atoms with Gasteiger partial charge in [0.2, 0.25) is 0 Å². The molecule has 0 aliphatic rings. The fourth-order valence-corrected chi connectivity index (χ4v) is 2.31. The molecule has 1 aromatic carbocycles. The predicted octanol–water partition coefficient (Wildman–Crippen LogP) is 3.38. The summed E-state index contributed by atoms with van der Waals surface area (Å²) in [5.74, 6) is 1.56. The van der Waals surface area contributed by atoms with Gasteiger partial charge >= 0.3 is 6.18 Å². The lowest BCUT2D eigenvalue weighted by atomic mass is 10.2. The second kappa shape index (κ2) is 6.67. The van der Waals surface area contributed by atoms with Crippen molar-refractivity contribution in [1.29, 1.82) is 0 Å². The molecular formula is C16H16F3N5O. The summed E-state index contributed by atoms with van der Waals surface area (Å²) < 4.78 is 44.5. The molecule has 3 rings (SSSR count). The molecule has 2 heterocycles. The van der Waals surface area contributed by atoms with Crippen molar-refractivity contribution in [3.63, 3.8) is 0 Å². The number of aromatic nitrogens is 4. The van der Waals surface area contributed by atoms with Crippen LogP contribution in [0.15, 0.2) is 30.3 Å². The molecule has 1 N–H and O–H groups in total. The van der Waals surface area contributed by atoms with E-state index in [1.165, 1.54) is 16.6 Å². The van der Waals surface area contributed by atoms with Crippen LogP contribution in [-0.4, -0.2) is 33.3 Å². The van der Waals surface area contributed by atoms with Crippen LogP contribution in [0.1, 0.15) is 17.1 Å². The second-order valence-electron chi connectivity index (χ2n) is 5.47. The summed E-state index contributed by atoms with van der Waals surface area (Å²) in [4.78, 5) is 8.64. The summed E-state index contributed by atoms with van der Waals surface area (Å²) in [7, 11) is 1.59. The first kappa shape index (κ1) is 17.2. The van der Waals surface area contributed by atoms with E-state index < -0.39 is 11.7 Å². The zero-order valence-corrected chi connectivity index (χ0v) is 13.6. The van der Waals surface area contributed by atoms with Gasteiger partial charge in [-0.1, -0.05) is 0 Å². The SMILES string of the molecule is COCCc1nc2nc(C)cc(Nc3ccc(C(F)(F)F)cc3)n2n1. The van der Waals surface area contributed by atoms with Crippen molar-refractivity contribution in [1.82, 2.24) is 19.6 Å². The van der Waals surface area contributed by atoms with Gasteiger partial charge in [-0.2, -0.15) is 22.7 Å². The molecule has 2 aromatic heterocycles. The van der Waals surface area contributed by atoms with E-state index in [-0.39, 0.29) is 0 Å². The van der Waals surface area contributed by atoms with Gasteiger partial charge in [-0.05, 0) is 31.2 Å². The highest BCUT2D eigenvalue weighted by Gasteiger charge is 2.29. The van der Waals surface area contributed by atoms with E-state index in [1.807, 2.05) is 0 Å². The smallest absolute Gasteiger partial charge is 0.384 e. The number of rotatable bonds is 5. The van der Waals surface area contributed by atoms with E-state index in [9.17, 15) is 13.2 Å². The van der Waals surface area contributed by atoms with Crippen molar-refractivity contribution in [2.45, 2.75) is 19.5 Å². The lowest BCUT2D eigenvalue weighted by Crippen LogP contribution is -2.06. The van der Waals surface area contributed by atoms with Crippen LogP contribution in [0.3, 0.4) is 0 Å². The van der Waals surface area contributed by atoms with Gasteiger partial charge in [0.15, 0.2) is 5.82 Å². The van der Waals surface area contributed by atoms with E-state index in [0.29, 0.717) is 41.8 Å². The number of fused-ring (bicyclic) bond motifs is 1. The fourth-order valence-electron chi connectivity index (χ4n) is 2.31. The van der Waals surface area contributed by atoms with E-state index in [1.54, 1.807) is 20.1 Å². The number of hydrogen-bond donors (Lipinski definition) is 1. The minimum Gasteiger partial charge on any atom is -0.384 e. The summed E-state index contributed by atoms with van der Waals surface area (Å²) in [6.45, 7) is 2.29. The van der Waals surface area contributed by atoms with Crippen molar-refractivity contribution < 1.29 is 17.9 Å². The Kier molecular flexibility index (Phi) is 4.58. The first-order valence-electron chi connectivity index (χ1n) is 7.53. The zero-order chi connectivity index (χ0) is 18.0. The second-order valence-corrected chi connectivity index (χ2v) is 5.47. The number of benzene rings is 1. The maximum atomic E-state index is 12.7. The van der Waals surface area contributed by atoms with Crippen LogP contribution in [0.25, 0.3) is 5.78 Å². The Morgan fingerprint density at radius 1 is 1.16 bits per heavy atom. The van der Waals surface area contributed by atoms with Gasteiger partial charge in [0.1, 0.15) is 5.82 Å². The number of hydrogen-bond acceptors (Lipinski definition) is 5. The van der Waals surface area contributed by atoms with Gasteiger partial charge in [-0.15, -0.1) is 5.10 Å². The van der Waals surface area contributed by atoms with Crippen LogP contribution < -0.4 is 5.32 Å². The largest absolute Gasteiger partial charge is 0.416 e. The summed E-state index contributed by atoms with van der Waals surface area (Å²) in [6, 6.07) is 6.54. The molecule has 9 heteroatoms. The molecule has 0 bridgehead atoms. The van der Waals surface area contributed by atoms with Crippen molar-refractivity contribution in [2.24, 2.45) is 0 Å². The fraction of sp³-hybridized carbons (Fsp3) is 0.312. The highest BCUT2D eigenvalue weighted by atomic mass is 19.4. The third kappa shape index (κ3) is 3.87. The third-order valence-electron chi connectivity index (χ3n) is 3.50. The number of ether oxygens (including phenoxy) is 1. The van der Waals surface area contributed by atoms with E-state index in [4.69, 9.17) is 4.74 Å². The van der Waals surface area contributed by atoms with Gasteiger partial charge < -0.3 is 10.1 Å². The van der Waals surface area contributed by atoms with Crippen LogP contribution in [-0.2, 0) is 17.3 Å². The molecule has 0 aliphatic heterocycles. The minimum atomic E-state index is -4.36. The van der Waals surface area contributed by atoms with Gasteiger partial charge in [0, 0.05) is 31.0 Å². The maximum Gasteiger partial charge on any atom is 0.416 e. The van der Waals surface area contributed by atoms with Crippen LogP contribution >= 0.6 is 0 Å². The maximum absolute atomic E-state index is 12.7. The molecule has 0 saturated heterocycles. The molecule has 3 aromatic rings. The van der Waals surface area contributed by atoms with Crippen molar-refractivity contribution in [3.05, 3.63) is 47.4 Å². The van der Waals surface area contributed by atoms with Gasteiger partial charge in [-0.25, -0.2) is 4.98 Å². The summed E-state index contributed by atoms with van der Waals surface area (Å²) in [5.41, 5.74) is 0.526. The molecule has 25 heavy (non-hydrogen) atoms. The Bertz CT molecular complexity index is 874. The number of anilines is 2. The van der Waals surface area contributed by atoms with Crippen LogP contribution in [0, 0.1) is 6.92 Å². The number of nitrogens with one attached hydrogen (secondary N) is 1. The Morgan fingerprint density at radius 2 is 1.88 bits per heavy atom. The molecule has 0 unspecified atom stereocenters. The number of alkyl halides is 3. The highest BCUT2D eigenvalue weighted by molar-refractivity contribution is 5.59. The van der Waals surface area contributed by atoms with E-state index in [0.717, 1.165) is 12.1 Å². The van der Waals surface area contributed by atoms with E-state index in [2.05, 4.69) is 20.4 Å². The third-order valence-corrected chi connectivity index (χ3v) is 3.50. The van der Waals surface area contributed by atoms with Gasteiger partial charge in [0.05, 0.1) is 12.2 Å². The molecule has 0 amide bonds. The number of methoxy groups -OCH3 is 1. The van der Waals surface area contributed by atoms with Gasteiger partial charge in [0.25, 0.3) is 5.78 Å². The normalized spacial score (nSPS) is 11.9. The minimum absolute atomic E-state index is 0.417. The molecule has 0 aliphatic carbocycles. The van der Waals surface area contributed by atoms with Crippen molar-refractivity contribution in [3.8, 4) is 0 Å². The van der Waals surface area contributed by atoms with Crippen LogP contribution in [0.2, 0.25) is 0 Å². The highest BCUT2D eigenvalue weighted by Crippen LogP contribution is 2.30. The molecule has 132 valence electrons. The quantitative estimate of drug-likeness (QED) is 0.763. The molecule has 0 radical (unpaired) electrons. The Morgan fingerprint density at radius 3 is 2.52 bits per heavy atom. The molecular weight excluding hydrogens is 335 g/mol. The first-order valence-corrected chi connectivity index (χ1v) is 7.53. The molecule has 6 nitrogen and oxygen atoms in total. The summed E-state index contributed by atoms with van der Waals surface area (Å²) in [5, 5.41) is 7.42. The van der Waals surface area contributed by atoms with Crippen molar-refractivity contribution >= 4 is 17.3 Å². The Hall–Kier alpha value is -2.68. The predicted molar refractivity (Wildman–Crippen MR) is 85.8 cm³/mol. The Balaban J connectivity index is 1.91. The molecule has 0 atom stereocenters.